The molecule has 1 aliphatic heterocycles. The molecule has 1 saturated heterocycles. The third kappa shape index (κ3) is 4.45. The predicted molar refractivity (Wildman–Crippen MR) is 141 cm³/mol. The van der Waals surface area contributed by atoms with Gasteiger partial charge in [0.1, 0.15) is 11.6 Å². The van der Waals surface area contributed by atoms with Gasteiger partial charge in [0.15, 0.2) is 11.6 Å². The summed E-state index contributed by atoms with van der Waals surface area (Å²) in [5.41, 5.74) is 5.31. The Kier molecular flexibility index (Phi) is 6.22. The molecule has 0 saturated carbocycles. The zero-order chi connectivity index (χ0) is 26.3. The van der Waals surface area contributed by atoms with Crippen LogP contribution in [0, 0.1) is 38.0 Å². The van der Waals surface area contributed by atoms with Gasteiger partial charge in [0.05, 0.1) is 23.7 Å². The standard InChI is InChI=1S/C29H28N6O2/c1-17-10-19(3)27-24(11-17)18(2)12-25(32-27)35-28(23(14-30)15-31-35)33-29(37)22-13-26(36)34(16-22)20(4)21-8-6-5-7-9-21/h5-12,15,20,22H,13,16H2,1-4H3,(H,33,37). The van der Waals surface area contributed by atoms with Crippen molar-refractivity contribution >= 4 is 28.5 Å². The van der Waals surface area contributed by atoms with Gasteiger partial charge in [0, 0.05) is 18.4 Å². The lowest BCUT2D eigenvalue weighted by molar-refractivity contribution is -0.129. The van der Waals surface area contributed by atoms with Gasteiger partial charge in [-0.25, -0.2) is 4.98 Å². The van der Waals surface area contributed by atoms with Gasteiger partial charge < -0.3 is 10.2 Å². The van der Waals surface area contributed by atoms with E-state index in [1.165, 1.54) is 10.9 Å². The van der Waals surface area contributed by atoms with Crippen LogP contribution in [0.4, 0.5) is 5.82 Å². The maximum atomic E-state index is 13.3. The van der Waals surface area contributed by atoms with Crippen LogP contribution in [-0.4, -0.2) is 38.0 Å². The van der Waals surface area contributed by atoms with E-state index in [9.17, 15) is 14.9 Å². The maximum absolute atomic E-state index is 13.3. The molecule has 1 aliphatic rings. The number of fused-ring (bicyclic) bond motifs is 1. The first kappa shape index (κ1) is 24.2. The minimum Gasteiger partial charge on any atom is -0.335 e. The second-order valence-corrected chi connectivity index (χ2v) is 9.73. The minimum atomic E-state index is -0.537. The number of aryl methyl sites for hydroxylation is 3. The van der Waals surface area contributed by atoms with E-state index in [4.69, 9.17) is 4.98 Å². The molecule has 8 nitrogen and oxygen atoms in total. The zero-order valence-corrected chi connectivity index (χ0v) is 21.3. The number of carbonyl (C=O) groups excluding carboxylic acids is 2. The first-order valence-corrected chi connectivity index (χ1v) is 12.3. The number of nitrogens with one attached hydrogen (secondary N) is 1. The van der Waals surface area contributed by atoms with Crippen LogP contribution >= 0.6 is 0 Å². The number of anilines is 1. The number of hydrogen-bond donors (Lipinski definition) is 1. The van der Waals surface area contributed by atoms with Crippen LogP contribution in [0.2, 0.25) is 0 Å². The van der Waals surface area contributed by atoms with Crippen LogP contribution < -0.4 is 5.32 Å². The molecule has 2 unspecified atom stereocenters. The number of likely N-dealkylation sites (tertiary alicyclic amines) is 1. The molecule has 2 atom stereocenters. The topological polar surface area (TPSA) is 104 Å². The number of aromatic nitrogens is 3. The summed E-state index contributed by atoms with van der Waals surface area (Å²) >= 11 is 0. The van der Waals surface area contributed by atoms with Crippen molar-refractivity contribution in [3.8, 4) is 11.9 Å². The van der Waals surface area contributed by atoms with Gasteiger partial charge in [-0.3, -0.25) is 9.59 Å². The quantitative estimate of drug-likeness (QED) is 0.432. The fraction of sp³-hybridized carbons (Fsp3) is 0.276. The molecule has 2 amide bonds. The zero-order valence-electron chi connectivity index (χ0n) is 21.3. The highest BCUT2D eigenvalue weighted by molar-refractivity contribution is 5.97. The summed E-state index contributed by atoms with van der Waals surface area (Å²) in [6, 6.07) is 17.8. The molecule has 3 heterocycles. The molecule has 0 spiro atoms. The van der Waals surface area contributed by atoms with E-state index in [0.29, 0.717) is 12.4 Å². The first-order chi connectivity index (χ1) is 17.8. The highest BCUT2D eigenvalue weighted by Crippen LogP contribution is 2.30. The monoisotopic (exact) mass is 492 g/mol. The summed E-state index contributed by atoms with van der Waals surface area (Å²) < 4.78 is 1.49. The van der Waals surface area contributed by atoms with Gasteiger partial charge in [-0.2, -0.15) is 15.0 Å². The average Bonchev–Trinajstić information content (AvgIpc) is 3.47. The molecule has 0 radical (unpaired) electrons. The highest BCUT2D eigenvalue weighted by atomic mass is 16.2. The van der Waals surface area contributed by atoms with Gasteiger partial charge in [-0.05, 0) is 56.5 Å². The lowest BCUT2D eigenvalue weighted by Crippen LogP contribution is -2.31. The normalized spacial score (nSPS) is 16.1. The molecule has 1 fully saturated rings. The van der Waals surface area contributed by atoms with Crippen LogP contribution in [0.25, 0.3) is 16.7 Å². The summed E-state index contributed by atoms with van der Waals surface area (Å²) in [7, 11) is 0. The Morgan fingerprint density at radius 1 is 1.14 bits per heavy atom. The molecule has 37 heavy (non-hydrogen) atoms. The van der Waals surface area contributed by atoms with Crippen molar-refractivity contribution in [2.75, 3.05) is 11.9 Å². The number of rotatable bonds is 5. The third-order valence-electron chi connectivity index (χ3n) is 7.07. The van der Waals surface area contributed by atoms with E-state index >= 15 is 0 Å². The lowest BCUT2D eigenvalue weighted by Gasteiger charge is -2.25. The van der Waals surface area contributed by atoms with Gasteiger partial charge >= 0.3 is 0 Å². The number of carbonyl (C=O) groups is 2. The van der Waals surface area contributed by atoms with E-state index in [1.54, 1.807) is 4.90 Å². The Balaban J connectivity index is 1.43. The molecule has 0 bridgehead atoms. The van der Waals surface area contributed by atoms with Crippen molar-refractivity contribution in [1.82, 2.24) is 19.7 Å². The van der Waals surface area contributed by atoms with Gasteiger partial charge in [-0.1, -0.05) is 42.0 Å². The third-order valence-corrected chi connectivity index (χ3v) is 7.07. The Labute approximate surface area is 215 Å². The van der Waals surface area contributed by atoms with Crippen LogP contribution in [0.15, 0.2) is 54.7 Å². The molecule has 5 rings (SSSR count). The van der Waals surface area contributed by atoms with E-state index < -0.39 is 5.92 Å². The number of hydrogen-bond acceptors (Lipinski definition) is 5. The van der Waals surface area contributed by atoms with Crippen LogP contribution in [-0.2, 0) is 9.59 Å². The number of pyridine rings is 1. The van der Waals surface area contributed by atoms with Crippen LogP contribution in [0.3, 0.4) is 0 Å². The van der Waals surface area contributed by atoms with Crippen molar-refractivity contribution in [2.24, 2.45) is 5.92 Å². The maximum Gasteiger partial charge on any atom is 0.230 e. The SMILES string of the molecule is Cc1cc(C)c2nc(-n3ncc(C#N)c3NC(=O)C3CC(=O)N(C(C)c4ccccc4)C3)cc(C)c2c1. The largest absolute Gasteiger partial charge is 0.335 e. The van der Waals surface area contributed by atoms with Gasteiger partial charge in [-0.15, -0.1) is 0 Å². The Hall–Kier alpha value is -4.51. The molecule has 8 heteroatoms. The molecular formula is C29H28N6O2. The number of nitrogens with zero attached hydrogens (tertiary/aromatic N) is 5. The fourth-order valence-corrected chi connectivity index (χ4v) is 5.07. The second kappa shape index (κ2) is 9.51. The Morgan fingerprint density at radius 3 is 2.62 bits per heavy atom. The highest BCUT2D eigenvalue weighted by Gasteiger charge is 2.37. The summed E-state index contributed by atoms with van der Waals surface area (Å²) in [4.78, 5) is 32.7. The van der Waals surface area contributed by atoms with Crippen molar-refractivity contribution in [1.29, 1.82) is 5.26 Å². The smallest absolute Gasteiger partial charge is 0.230 e. The van der Waals surface area contributed by atoms with E-state index in [1.807, 2.05) is 57.2 Å². The predicted octanol–water partition coefficient (Wildman–Crippen LogP) is 4.77. The fourth-order valence-electron chi connectivity index (χ4n) is 5.07. The first-order valence-electron chi connectivity index (χ1n) is 12.3. The molecule has 4 aromatic rings. The summed E-state index contributed by atoms with van der Waals surface area (Å²) in [5, 5.41) is 18.0. The molecule has 2 aromatic heterocycles. The summed E-state index contributed by atoms with van der Waals surface area (Å²) in [5.74, 6) is -0.159. The molecule has 0 aliphatic carbocycles. The van der Waals surface area contributed by atoms with Crippen LogP contribution in [0.5, 0.6) is 0 Å². The van der Waals surface area contributed by atoms with E-state index in [2.05, 4.69) is 35.5 Å². The van der Waals surface area contributed by atoms with Crippen molar-refractivity contribution in [3.63, 3.8) is 0 Å². The summed E-state index contributed by atoms with van der Waals surface area (Å²) in [6.45, 7) is 8.34. The average molecular weight is 493 g/mol. The van der Waals surface area contributed by atoms with Crippen molar-refractivity contribution in [2.45, 2.75) is 40.2 Å². The number of benzene rings is 2. The van der Waals surface area contributed by atoms with E-state index in [0.717, 1.165) is 33.2 Å². The Bertz CT molecular complexity index is 1570. The number of nitriles is 1. The van der Waals surface area contributed by atoms with Crippen molar-refractivity contribution in [3.05, 3.63) is 82.5 Å². The van der Waals surface area contributed by atoms with E-state index in [-0.39, 0.29) is 35.7 Å². The van der Waals surface area contributed by atoms with Crippen molar-refractivity contribution < 1.29 is 9.59 Å². The number of amides is 2. The van der Waals surface area contributed by atoms with Gasteiger partial charge in [0.25, 0.3) is 0 Å². The molecule has 1 N–H and O–H groups in total. The minimum absolute atomic E-state index is 0.0666. The lowest BCUT2D eigenvalue weighted by atomic mass is 10.0. The van der Waals surface area contributed by atoms with Crippen LogP contribution in [0.1, 0.15) is 47.2 Å². The molecule has 186 valence electrons. The molecule has 2 aromatic carbocycles. The summed E-state index contributed by atoms with van der Waals surface area (Å²) in [6.07, 6.45) is 1.54. The van der Waals surface area contributed by atoms with Gasteiger partial charge in [0.2, 0.25) is 11.8 Å². The second-order valence-electron chi connectivity index (χ2n) is 9.73. The molecular weight excluding hydrogens is 464 g/mol. The Morgan fingerprint density at radius 2 is 1.89 bits per heavy atom.